The fraction of sp³-hybridized carbons (Fsp3) is 0.0500. The van der Waals surface area contributed by atoms with Gasteiger partial charge < -0.3 is 0 Å². The highest BCUT2D eigenvalue weighted by Crippen LogP contribution is 2.39. The molecule has 26 heavy (non-hydrogen) atoms. The third kappa shape index (κ3) is 3.09. The lowest BCUT2D eigenvalue weighted by Crippen LogP contribution is -2.27. The van der Waals surface area contributed by atoms with Gasteiger partial charge in [0.15, 0.2) is 4.32 Å². The van der Waals surface area contributed by atoms with Crippen molar-refractivity contribution in [3.63, 3.8) is 0 Å². The zero-order valence-electron chi connectivity index (χ0n) is 13.8. The van der Waals surface area contributed by atoms with E-state index in [1.165, 1.54) is 17.3 Å². The lowest BCUT2D eigenvalue weighted by molar-refractivity contribution is -0.113. The van der Waals surface area contributed by atoms with Crippen molar-refractivity contribution in [2.45, 2.75) is 6.92 Å². The van der Waals surface area contributed by atoms with Crippen molar-refractivity contribution in [3.05, 3.63) is 75.2 Å². The second kappa shape index (κ2) is 6.95. The monoisotopic (exact) mass is 440 g/mol. The van der Waals surface area contributed by atoms with Crippen molar-refractivity contribution in [1.29, 1.82) is 0 Å². The number of thioether (sulfide) groups is 1. The highest BCUT2D eigenvalue weighted by molar-refractivity contribution is 9.10. The minimum Gasteiger partial charge on any atom is -0.268 e. The number of carbonyl (C=O) groups is 1. The van der Waals surface area contributed by atoms with E-state index in [0.29, 0.717) is 14.9 Å². The molecule has 1 amide bonds. The number of amides is 1. The van der Waals surface area contributed by atoms with E-state index in [-0.39, 0.29) is 5.91 Å². The number of benzene rings is 2. The molecule has 1 saturated heterocycles. The number of aryl methyl sites for hydroxylation is 1. The van der Waals surface area contributed by atoms with E-state index in [1.54, 1.807) is 11.1 Å². The summed E-state index contributed by atoms with van der Waals surface area (Å²) >= 11 is 10.4. The topological polar surface area (TPSA) is 33.2 Å². The third-order valence-corrected chi connectivity index (χ3v) is 6.10. The minimum atomic E-state index is -0.116. The first-order chi connectivity index (χ1) is 12.5. The molecular weight excluding hydrogens is 428 g/mol. The van der Waals surface area contributed by atoms with E-state index in [9.17, 15) is 4.79 Å². The maximum absolute atomic E-state index is 13.0. The first-order valence-electron chi connectivity index (χ1n) is 7.92. The molecule has 2 heterocycles. The Labute approximate surface area is 169 Å². The van der Waals surface area contributed by atoms with E-state index >= 15 is 0 Å². The lowest BCUT2D eigenvalue weighted by Gasteiger charge is -2.17. The third-order valence-electron chi connectivity index (χ3n) is 4.10. The fourth-order valence-electron chi connectivity index (χ4n) is 2.79. The molecule has 0 N–H and O–H groups in total. The predicted molar refractivity (Wildman–Crippen MR) is 116 cm³/mol. The Hall–Kier alpha value is -2.02. The van der Waals surface area contributed by atoms with Crippen LogP contribution in [0.15, 0.2) is 64.1 Å². The number of anilines is 1. The molecule has 0 unspecified atom stereocenters. The van der Waals surface area contributed by atoms with Crippen LogP contribution >= 0.6 is 39.9 Å². The predicted octanol–water partition coefficient (Wildman–Crippen LogP) is 5.71. The molecule has 3 aromatic rings. The molecule has 1 fully saturated rings. The Bertz CT molecular complexity index is 1080. The van der Waals surface area contributed by atoms with Crippen LogP contribution in [0.25, 0.3) is 17.0 Å². The van der Waals surface area contributed by atoms with Gasteiger partial charge in [0.25, 0.3) is 5.91 Å². The normalized spacial score (nSPS) is 16.1. The summed E-state index contributed by atoms with van der Waals surface area (Å²) in [6.07, 6.45) is 3.60. The van der Waals surface area contributed by atoms with E-state index in [0.717, 1.165) is 20.9 Å². The summed E-state index contributed by atoms with van der Waals surface area (Å²) < 4.78 is 1.45. The van der Waals surface area contributed by atoms with Crippen LogP contribution in [0.3, 0.4) is 0 Å². The molecule has 1 aliphatic rings. The zero-order valence-corrected chi connectivity index (χ0v) is 17.0. The first-order valence-corrected chi connectivity index (χ1v) is 9.94. The number of fused-ring (bicyclic) bond motifs is 1. The fourth-order valence-corrected chi connectivity index (χ4v) is 4.53. The van der Waals surface area contributed by atoms with Crippen molar-refractivity contribution in [2.75, 3.05) is 4.90 Å². The molecule has 0 saturated carbocycles. The highest BCUT2D eigenvalue weighted by atomic mass is 79.9. The molecule has 0 atom stereocenters. The van der Waals surface area contributed by atoms with Crippen LogP contribution in [0, 0.1) is 6.92 Å². The van der Waals surface area contributed by atoms with Gasteiger partial charge in [-0.1, -0.05) is 75.8 Å². The Kier molecular flexibility index (Phi) is 4.65. The minimum absolute atomic E-state index is 0.116. The summed E-state index contributed by atoms with van der Waals surface area (Å²) in [5.74, 6) is -0.116. The van der Waals surface area contributed by atoms with Gasteiger partial charge in [-0.3, -0.25) is 14.7 Å². The van der Waals surface area contributed by atoms with Gasteiger partial charge in [-0.2, -0.15) is 0 Å². The number of hydrogen-bond donors (Lipinski definition) is 0. The molecule has 4 rings (SSSR count). The number of carbonyl (C=O) groups excluding carboxylic acids is 1. The van der Waals surface area contributed by atoms with Crippen molar-refractivity contribution in [1.82, 2.24) is 4.98 Å². The summed E-state index contributed by atoms with van der Waals surface area (Å²) in [4.78, 5) is 19.7. The molecule has 0 spiro atoms. The number of rotatable bonds is 2. The summed E-state index contributed by atoms with van der Waals surface area (Å²) in [7, 11) is 0. The van der Waals surface area contributed by atoms with Gasteiger partial charge in [0.1, 0.15) is 0 Å². The largest absolute Gasteiger partial charge is 0.270 e. The maximum atomic E-state index is 13.0. The highest BCUT2D eigenvalue weighted by Gasteiger charge is 2.34. The van der Waals surface area contributed by atoms with Crippen LogP contribution < -0.4 is 4.90 Å². The first kappa shape index (κ1) is 17.4. The molecule has 1 aromatic heterocycles. The van der Waals surface area contributed by atoms with Gasteiger partial charge in [0, 0.05) is 16.1 Å². The van der Waals surface area contributed by atoms with Crippen LogP contribution in [0.2, 0.25) is 0 Å². The maximum Gasteiger partial charge on any atom is 0.270 e. The van der Waals surface area contributed by atoms with Crippen molar-refractivity contribution in [3.8, 4) is 0 Å². The molecular formula is C20H13BrN2OS2. The van der Waals surface area contributed by atoms with Crippen molar-refractivity contribution < 1.29 is 4.79 Å². The Balaban J connectivity index is 1.77. The molecule has 0 aliphatic carbocycles. The second-order valence-electron chi connectivity index (χ2n) is 5.89. The molecule has 6 heteroatoms. The van der Waals surface area contributed by atoms with E-state index in [1.807, 2.05) is 61.5 Å². The van der Waals surface area contributed by atoms with Gasteiger partial charge in [-0.15, -0.1) is 0 Å². The number of thiocarbonyl (C=S) groups is 1. The number of pyridine rings is 1. The zero-order chi connectivity index (χ0) is 18.3. The van der Waals surface area contributed by atoms with Crippen LogP contribution in [-0.2, 0) is 4.79 Å². The van der Waals surface area contributed by atoms with Gasteiger partial charge in [-0.05, 0) is 36.8 Å². The average Bonchev–Trinajstić information content (AvgIpc) is 2.91. The summed E-state index contributed by atoms with van der Waals surface area (Å²) in [6, 6.07) is 15.7. The molecule has 0 bridgehead atoms. The van der Waals surface area contributed by atoms with Gasteiger partial charge >= 0.3 is 0 Å². The van der Waals surface area contributed by atoms with E-state index < -0.39 is 0 Å². The van der Waals surface area contributed by atoms with Gasteiger partial charge in [0.2, 0.25) is 0 Å². The van der Waals surface area contributed by atoms with Gasteiger partial charge in [-0.25, -0.2) is 0 Å². The van der Waals surface area contributed by atoms with E-state index in [4.69, 9.17) is 12.2 Å². The average molecular weight is 441 g/mol. The van der Waals surface area contributed by atoms with Crippen LogP contribution in [-0.4, -0.2) is 15.2 Å². The van der Waals surface area contributed by atoms with Gasteiger partial charge in [0.05, 0.1) is 16.1 Å². The van der Waals surface area contributed by atoms with Crippen molar-refractivity contribution >= 4 is 72.8 Å². The number of hydrogen-bond acceptors (Lipinski definition) is 4. The Morgan fingerprint density at radius 3 is 2.69 bits per heavy atom. The number of halogens is 1. The quantitative estimate of drug-likeness (QED) is 0.377. The molecule has 0 radical (unpaired) electrons. The number of nitrogens with zero attached hydrogens (tertiary/aromatic N) is 2. The SMILES string of the molecule is Cc1ccc(/C=C2\SC(=S)N(c3ccc(Br)c4cccnc34)C2=O)cc1. The second-order valence-corrected chi connectivity index (χ2v) is 8.42. The summed E-state index contributed by atoms with van der Waals surface area (Å²) in [5, 5.41) is 0.946. The van der Waals surface area contributed by atoms with Crippen LogP contribution in [0.1, 0.15) is 11.1 Å². The Morgan fingerprint density at radius 2 is 1.92 bits per heavy atom. The molecule has 128 valence electrons. The summed E-state index contributed by atoms with van der Waals surface area (Å²) in [5.41, 5.74) is 3.62. The van der Waals surface area contributed by atoms with E-state index in [2.05, 4.69) is 20.9 Å². The number of aromatic nitrogens is 1. The standard InChI is InChI=1S/C20H13BrN2OS2/c1-12-4-6-13(7-5-12)11-17-19(24)23(20(25)26-17)16-9-8-15(21)14-3-2-10-22-18(14)16/h2-11H,1H3/b17-11-. The summed E-state index contributed by atoms with van der Waals surface area (Å²) in [6.45, 7) is 2.04. The van der Waals surface area contributed by atoms with Crippen LogP contribution in [0.4, 0.5) is 5.69 Å². The molecule has 1 aliphatic heterocycles. The Morgan fingerprint density at radius 1 is 1.15 bits per heavy atom. The lowest BCUT2D eigenvalue weighted by atomic mass is 10.1. The molecule has 2 aromatic carbocycles. The van der Waals surface area contributed by atoms with Crippen LogP contribution in [0.5, 0.6) is 0 Å². The molecule has 3 nitrogen and oxygen atoms in total. The smallest absolute Gasteiger partial charge is 0.268 e. The van der Waals surface area contributed by atoms with Crippen molar-refractivity contribution in [2.24, 2.45) is 0 Å².